The number of aromatic nitrogens is 1. The van der Waals surface area contributed by atoms with Crippen LogP contribution in [0.1, 0.15) is 10.5 Å². The Balaban J connectivity index is 1.59. The lowest BCUT2D eigenvalue weighted by Crippen LogP contribution is -2.41. The maximum absolute atomic E-state index is 12.1. The lowest BCUT2D eigenvalue weighted by molar-refractivity contribution is 0.0784. The Labute approximate surface area is 131 Å². The quantitative estimate of drug-likeness (QED) is 0.924. The summed E-state index contributed by atoms with van der Waals surface area (Å²) in [5, 5.41) is 2.87. The van der Waals surface area contributed by atoms with E-state index in [1.54, 1.807) is 10.6 Å². The number of hydrogen-bond donors (Lipinski definition) is 1. The number of fused-ring (bicyclic) bond motifs is 1. The lowest BCUT2D eigenvalue weighted by atomic mass is 10.2. The molecule has 21 heavy (non-hydrogen) atoms. The van der Waals surface area contributed by atoms with Gasteiger partial charge in [-0.1, -0.05) is 12.1 Å². The minimum absolute atomic E-state index is 0.134. The van der Waals surface area contributed by atoms with Gasteiger partial charge < -0.3 is 19.4 Å². The summed E-state index contributed by atoms with van der Waals surface area (Å²) in [6, 6.07) is 9.30. The average molecular weight is 351 g/mol. The first-order valence-electron chi connectivity index (χ1n) is 6.62. The standard InChI is InChI=1S/C15H15BrN2O3/c1-18-8-10(16)6-12(18)15(19)17-7-11-9-20-13-4-2-3-5-14(13)21-11/h2-6,8,11H,7,9H2,1H3,(H,17,19). The van der Waals surface area contributed by atoms with Gasteiger partial charge in [-0.2, -0.15) is 0 Å². The normalized spacial score (nSPS) is 16.6. The van der Waals surface area contributed by atoms with Crippen LogP contribution in [-0.2, 0) is 7.05 Å². The molecule has 0 aliphatic carbocycles. The van der Waals surface area contributed by atoms with Crippen LogP contribution in [0.25, 0.3) is 0 Å². The van der Waals surface area contributed by atoms with E-state index in [2.05, 4.69) is 21.2 Å². The van der Waals surface area contributed by atoms with Gasteiger partial charge in [0.25, 0.3) is 5.91 Å². The number of ether oxygens (including phenoxy) is 2. The van der Waals surface area contributed by atoms with Crippen molar-refractivity contribution in [1.29, 1.82) is 0 Å². The van der Waals surface area contributed by atoms with E-state index in [1.165, 1.54) is 0 Å². The van der Waals surface area contributed by atoms with Crippen molar-refractivity contribution in [2.45, 2.75) is 6.10 Å². The molecule has 2 heterocycles. The lowest BCUT2D eigenvalue weighted by Gasteiger charge is -2.26. The molecule has 5 nitrogen and oxygen atoms in total. The summed E-state index contributed by atoms with van der Waals surface area (Å²) in [5.74, 6) is 1.32. The van der Waals surface area contributed by atoms with Crippen LogP contribution in [0.4, 0.5) is 0 Å². The zero-order valence-electron chi connectivity index (χ0n) is 11.5. The molecule has 1 amide bonds. The first-order chi connectivity index (χ1) is 10.1. The van der Waals surface area contributed by atoms with Crippen LogP contribution in [0.5, 0.6) is 11.5 Å². The third-order valence-corrected chi connectivity index (χ3v) is 3.70. The third-order valence-electron chi connectivity index (χ3n) is 3.26. The summed E-state index contributed by atoms with van der Waals surface area (Å²) < 4.78 is 14.1. The van der Waals surface area contributed by atoms with Crippen molar-refractivity contribution in [1.82, 2.24) is 9.88 Å². The molecule has 0 saturated heterocycles. The maximum atomic E-state index is 12.1. The van der Waals surface area contributed by atoms with Crippen molar-refractivity contribution < 1.29 is 14.3 Å². The van der Waals surface area contributed by atoms with Crippen LogP contribution in [0.3, 0.4) is 0 Å². The van der Waals surface area contributed by atoms with Gasteiger partial charge in [0.1, 0.15) is 18.4 Å². The first-order valence-corrected chi connectivity index (χ1v) is 7.41. The molecule has 2 aromatic rings. The monoisotopic (exact) mass is 350 g/mol. The van der Waals surface area contributed by atoms with Crippen molar-refractivity contribution in [3.05, 3.63) is 46.7 Å². The topological polar surface area (TPSA) is 52.5 Å². The highest BCUT2D eigenvalue weighted by Gasteiger charge is 2.21. The Morgan fingerprint density at radius 2 is 2.19 bits per heavy atom. The maximum Gasteiger partial charge on any atom is 0.268 e. The number of carbonyl (C=O) groups is 1. The van der Waals surface area contributed by atoms with Gasteiger partial charge in [-0.05, 0) is 34.1 Å². The van der Waals surface area contributed by atoms with Crippen LogP contribution in [0.2, 0.25) is 0 Å². The molecule has 0 bridgehead atoms. The number of benzene rings is 1. The van der Waals surface area contributed by atoms with Crippen molar-refractivity contribution in [3.63, 3.8) is 0 Å². The molecular formula is C15H15BrN2O3. The molecule has 1 atom stereocenters. The number of amides is 1. The van der Waals surface area contributed by atoms with Crippen molar-refractivity contribution in [2.24, 2.45) is 7.05 Å². The van der Waals surface area contributed by atoms with Crippen molar-refractivity contribution in [3.8, 4) is 11.5 Å². The number of carbonyl (C=O) groups excluding carboxylic acids is 1. The fraction of sp³-hybridized carbons (Fsp3) is 0.267. The van der Waals surface area contributed by atoms with E-state index >= 15 is 0 Å². The minimum atomic E-state index is -0.187. The number of nitrogens with one attached hydrogen (secondary N) is 1. The predicted octanol–water partition coefficient (Wildman–Crippen LogP) is 2.36. The molecule has 0 saturated carbocycles. The first kappa shape index (κ1) is 14.0. The highest BCUT2D eigenvalue weighted by molar-refractivity contribution is 9.10. The van der Waals surface area contributed by atoms with Crippen LogP contribution in [0.15, 0.2) is 41.0 Å². The van der Waals surface area contributed by atoms with E-state index in [0.29, 0.717) is 24.6 Å². The molecular weight excluding hydrogens is 336 g/mol. The van der Waals surface area contributed by atoms with Crippen LogP contribution >= 0.6 is 15.9 Å². The second kappa shape index (κ2) is 5.81. The number of aryl methyl sites for hydroxylation is 1. The molecule has 6 heteroatoms. The molecule has 110 valence electrons. The summed E-state index contributed by atoms with van der Waals surface area (Å²) in [6.07, 6.45) is 1.65. The summed E-state index contributed by atoms with van der Waals surface area (Å²) in [4.78, 5) is 12.1. The molecule has 3 rings (SSSR count). The van der Waals surface area contributed by atoms with E-state index in [4.69, 9.17) is 9.47 Å². The third kappa shape index (κ3) is 3.05. The SMILES string of the molecule is Cn1cc(Br)cc1C(=O)NCC1COc2ccccc2O1. The van der Waals surface area contributed by atoms with Gasteiger partial charge in [0.15, 0.2) is 11.5 Å². The van der Waals surface area contributed by atoms with E-state index < -0.39 is 0 Å². The molecule has 0 spiro atoms. The zero-order chi connectivity index (χ0) is 14.8. The zero-order valence-corrected chi connectivity index (χ0v) is 13.1. The van der Waals surface area contributed by atoms with Gasteiger partial charge in [0.05, 0.1) is 6.54 Å². The second-order valence-electron chi connectivity index (χ2n) is 4.86. The van der Waals surface area contributed by atoms with E-state index in [1.807, 2.05) is 37.5 Å². The van der Waals surface area contributed by atoms with E-state index in [-0.39, 0.29) is 12.0 Å². The van der Waals surface area contributed by atoms with Crippen molar-refractivity contribution in [2.75, 3.05) is 13.2 Å². The Morgan fingerprint density at radius 1 is 1.43 bits per heavy atom. The summed E-state index contributed by atoms with van der Waals surface area (Å²) in [6.45, 7) is 0.824. The molecule has 1 aliphatic heterocycles. The fourth-order valence-corrected chi connectivity index (χ4v) is 2.73. The van der Waals surface area contributed by atoms with Crippen molar-refractivity contribution >= 4 is 21.8 Å². The van der Waals surface area contributed by atoms with Crippen LogP contribution < -0.4 is 14.8 Å². The Morgan fingerprint density at radius 3 is 2.90 bits per heavy atom. The van der Waals surface area contributed by atoms with Gasteiger partial charge in [-0.15, -0.1) is 0 Å². The largest absolute Gasteiger partial charge is 0.486 e. The molecule has 1 aromatic heterocycles. The summed E-state index contributed by atoms with van der Waals surface area (Å²) >= 11 is 3.35. The molecule has 1 aromatic carbocycles. The minimum Gasteiger partial charge on any atom is -0.486 e. The highest BCUT2D eigenvalue weighted by Crippen LogP contribution is 2.30. The Bertz CT molecular complexity index is 669. The molecule has 1 unspecified atom stereocenters. The van der Waals surface area contributed by atoms with E-state index in [0.717, 1.165) is 10.2 Å². The highest BCUT2D eigenvalue weighted by atomic mass is 79.9. The second-order valence-corrected chi connectivity index (χ2v) is 5.78. The molecule has 0 radical (unpaired) electrons. The van der Waals surface area contributed by atoms with Gasteiger partial charge in [0, 0.05) is 17.7 Å². The number of para-hydroxylation sites is 2. The van der Waals surface area contributed by atoms with Gasteiger partial charge in [-0.25, -0.2) is 0 Å². The van der Waals surface area contributed by atoms with Gasteiger partial charge in [0.2, 0.25) is 0 Å². The number of hydrogen-bond acceptors (Lipinski definition) is 3. The summed E-state index contributed by atoms with van der Waals surface area (Å²) in [7, 11) is 1.83. The van der Waals surface area contributed by atoms with E-state index in [9.17, 15) is 4.79 Å². The van der Waals surface area contributed by atoms with Gasteiger partial charge in [-0.3, -0.25) is 4.79 Å². The average Bonchev–Trinajstić information content (AvgIpc) is 2.83. The molecule has 1 aliphatic rings. The Kier molecular flexibility index (Phi) is 3.88. The Hall–Kier alpha value is -1.95. The summed E-state index contributed by atoms with van der Waals surface area (Å²) in [5.41, 5.74) is 0.596. The predicted molar refractivity (Wildman–Crippen MR) is 81.8 cm³/mol. The number of rotatable bonds is 3. The molecule has 0 fully saturated rings. The van der Waals surface area contributed by atoms with Crippen LogP contribution in [-0.4, -0.2) is 29.7 Å². The number of halogens is 1. The number of nitrogens with zero attached hydrogens (tertiary/aromatic N) is 1. The van der Waals surface area contributed by atoms with Crippen LogP contribution in [0, 0.1) is 0 Å². The molecule has 1 N–H and O–H groups in total. The fourth-order valence-electron chi connectivity index (χ4n) is 2.21. The smallest absolute Gasteiger partial charge is 0.268 e. The van der Waals surface area contributed by atoms with Gasteiger partial charge >= 0.3 is 0 Å².